The van der Waals surface area contributed by atoms with E-state index in [-0.39, 0.29) is 11.3 Å². The summed E-state index contributed by atoms with van der Waals surface area (Å²) in [4.78, 5) is -0.754. The second-order valence-electron chi connectivity index (χ2n) is 5.18. The highest BCUT2D eigenvalue weighted by molar-refractivity contribution is 7.86. The number of nitrogens with zero attached hydrogens (tertiary/aromatic N) is 2. The molecule has 0 fully saturated rings. The fourth-order valence-electron chi connectivity index (χ4n) is 2.08. The molecule has 28 heavy (non-hydrogen) atoms. The lowest BCUT2D eigenvalue weighted by Gasteiger charge is -2.09. The van der Waals surface area contributed by atoms with Gasteiger partial charge in [-0.15, -0.1) is 0 Å². The molecular formula is C17H13F3N2O5S. The molecule has 0 radical (unpaired) electrons. The van der Waals surface area contributed by atoms with Crippen molar-refractivity contribution < 1.29 is 35.3 Å². The van der Waals surface area contributed by atoms with Crippen LogP contribution in [0.5, 0.6) is 11.5 Å². The zero-order chi connectivity index (χ0) is 20.9. The van der Waals surface area contributed by atoms with Crippen LogP contribution in [-0.2, 0) is 20.6 Å². The first kappa shape index (κ1) is 21.0. The summed E-state index contributed by atoms with van der Waals surface area (Å²) in [6, 6.07) is 8.84. The van der Waals surface area contributed by atoms with Crippen LogP contribution >= 0.6 is 0 Å². The summed E-state index contributed by atoms with van der Waals surface area (Å²) < 4.78 is 77.1. The van der Waals surface area contributed by atoms with Gasteiger partial charge in [-0.3, -0.25) is 4.28 Å². The molecule has 2 aromatic rings. The van der Waals surface area contributed by atoms with Gasteiger partial charge in [-0.2, -0.15) is 26.9 Å². The third-order valence-electron chi connectivity index (χ3n) is 3.44. The van der Waals surface area contributed by atoms with E-state index in [1.165, 1.54) is 32.4 Å². The average Bonchev–Trinajstić information content (AvgIpc) is 2.67. The SMILES string of the molecule is COc1ccc(C(C#N)=NOS(=O)(=O)c2cccc(C(F)(F)F)c2)cc1OC. The quantitative estimate of drug-likeness (QED) is 0.531. The average molecular weight is 414 g/mol. The van der Waals surface area contributed by atoms with Crippen LogP contribution in [0.2, 0.25) is 0 Å². The molecule has 0 saturated heterocycles. The number of rotatable bonds is 6. The molecule has 11 heteroatoms. The maximum atomic E-state index is 12.8. The lowest BCUT2D eigenvalue weighted by molar-refractivity contribution is -0.137. The Kier molecular flexibility index (Phi) is 6.15. The second-order valence-corrected chi connectivity index (χ2v) is 6.70. The van der Waals surface area contributed by atoms with Gasteiger partial charge < -0.3 is 9.47 Å². The van der Waals surface area contributed by atoms with Gasteiger partial charge in [0.1, 0.15) is 11.0 Å². The van der Waals surface area contributed by atoms with E-state index in [2.05, 4.69) is 9.44 Å². The molecule has 0 aliphatic heterocycles. The molecule has 0 bridgehead atoms. The minimum Gasteiger partial charge on any atom is -0.493 e. The van der Waals surface area contributed by atoms with E-state index < -0.39 is 32.5 Å². The molecule has 7 nitrogen and oxygen atoms in total. The second kappa shape index (κ2) is 8.18. The van der Waals surface area contributed by atoms with Crippen LogP contribution in [0.25, 0.3) is 0 Å². The van der Waals surface area contributed by atoms with Crippen molar-refractivity contribution in [3.63, 3.8) is 0 Å². The molecule has 0 heterocycles. The van der Waals surface area contributed by atoms with Gasteiger partial charge in [0.15, 0.2) is 17.2 Å². The van der Waals surface area contributed by atoms with Gasteiger partial charge in [0, 0.05) is 5.56 Å². The summed E-state index contributed by atoms with van der Waals surface area (Å²) in [6.07, 6.45) is -4.73. The number of hydrogen-bond acceptors (Lipinski definition) is 7. The highest BCUT2D eigenvalue weighted by atomic mass is 32.2. The molecular weight excluding hydrogens is 401 g/mol. The lowest BCUT2D eigenvalue weighted by Crippen LogP contribution is -2.09. The summed E-state index contributed by atoms with van der Waals surface area (Å²) in [7, 11) is -1.91. The van der Waals surface area contributed by atoms with Crippen molar-refractivity contribution in [3.05, 3.63) is 53.6 Å². The predicted octanol–water partition coefficient (Wildman–Crippen LogP) is 3.36. The largest absolute Gasteiger partial charge is 0.493 e. The van der Waals surface area contributed by atoms with Crippen LogP contribution in [0.4, 0.5) is 13.2 Å². The van der Waals surface area contributed by atoms with E-state index >= 15 is 0 Å². The van der Waals surface area contributed by atoms with E-state index in [9.17, 15) is 26.9 Å². The van der Waals surface area contributed by atoms with Crippen molar-refractivity contribution in [2.24, 2.45) is 5.16 Å². The van der Waals surface area contributed by atoms with Crippen molar-refractivity contribution in [1.29, 1.82) is 5.26 Å². The Balaban J connectivity index is 2.36. The predicted molar refractivity (Wildman–Crippen MR) is 91.4 cm³/mol. The zero-order valence-electron chi connectivity index (χ0n) is 14.5. The van der Waals surface area contributed by atoms with Gasteiger partial charge in [0.2, 0.25) is 0 Å². The molecule has 0 saturated carbocycles. The fourth-order valence-corrected chi connectivity index (χ4v) is 2.85. The third-order valence-corrected chi connectivity index (χ3v) is 4.54. The normalized spacial score (nSPS) is 12.2. The highest BCUT2D eigenvalue weighted by Crippen LogP contribution is 2.31. The molecule has 0 N–H and O–H groups in total. The van der Waals surface area contributed by atoms with Gasteiger partial charge in [-0.25, -0.2) is 0 Å². The third kappa shape index (κ3) is 4.72. The molecule has 2 aromatic carbocycles. The Labute approximate surface area is 158 Å². The first-order valence-corrected chi connectivity index (χ1v) is 8.84. The van der Waals surface area contributed by atoms with Crippen molar-refractivity contribution >= 4 is 15.8 Å². The monoisotopic (exact) mass is 414 g/mol. The zero-order valence-corrected chi connectivity index (χ0v) is 15.3. The maximum Gasteiger partial charge on any atom is 0.416 e. The van der Waals surface area contributed by atoms with Crippen LogP contribution in [0.3, 0.4) is 0 Å². The van der Waals surface area contributed by atoms with Crippen molar-refractivity contribution in [2.45, 2.75) is 11.1 Å². The molecule has 0 atom stereocenters. The number of nitriles is 1. The van der Waals surface area contributed by atoms with E-state index in [1.54, 1.807) is 6.07 Å². The van der Waals surface area contributed by atoms with Crippen LogP contribution in [0.15, 0.2) is 52.5 Å². The van der Waals surface area contributed by atoms with Gasteiger partial charge in [-0.1, -0.05) is 11.2 Å². The summed E-state index contributed by atoms with van der Waals surface area (Å²) in [5.41, 5.74) is -1.45. The molecule has 148 valence electrons. The number of halogens is 3. The van der Waals surface area contributed by atoms with Crippen molar-refractivity contribution in [2.75, 3.05) is 14.2 Å². The topological polar surface area (TPSA) is 98.0 Å². The Bertz CT molecular complexity index is 1040. The molecule has 2 rings (SSSR count). The molecule has 0 unspecified atom stereocenters. The van der Waals surface area contributed by atoms with Gasteiger partial charge in [0.05, 0.1) is 19.8 Å². The number of alkyl halides is 3. The molecule has 0 amide bonds. The number of benzene rings is 2. The number of ether oxygens (including phenoxy) is 2. The van der Waals surface area contributed by atoms with Gasteiger partial charge in [0.25, 0.3) is 0 Å². The molecule has 0 spiro atoms. The first-order valence-electron chi connectivity index (χ1n) is 7.44. The summed E-state index contributed by atoms with van der Waals surface area (Å²) in [5, 5.41) is 12.5. The summed E-state index contributed by atoms with van der Waals surface area (Å²) in [6.45, 7) is 0. The minimum atomic E-state index is -4.73. The van der Waals surface area contributed by atoms with E-state index in [1.807, 2.05) is 0 Å². The Hall–Kier alpha value is -3.26. The number of methoxy groups -OCH3 is 2. The summed E-state index contributed by atoms with van der Waals surface area (Å²) >= 11 is 0. The van der Waals surface area contributed by atoms with Crippen LogP contribution in [0.1, 0.15) is 11.1 Å². The van der Waals surface area contributed by atoms with Gasteiger partial charge >= 0.3 is 16.3 Å². The van der Waals surface area contributed by atoms with E-state index in [4.69, 9.17) is 9.47 Å². The lowest BCUT2D eigenvalue weighted by atomic mass is 10.1. The Morgan fingerprint density at radius 1 is 1.07 bits per heavy atom. The Morgan fingerprint density at radius 2 is 1.75 bits per heavy atom. The number of hydrogen-bond donors (Lipinski definition) is 0. The molecule has 0 aliphatic rings. The van der Waals surface area contributed by atoms with Crippen LogP contribution in [0, 0.1) is 11.3 Å². The molecule has 0 aliphatic carbocycles. The molecule has 0 aromatic heterocycles. The Morgan fingerprint density at radius 3 is 2.32 bits per heavy atom. The van der Waals surface area contributed by atoms with Crippen LogP contribution < -0.4 is 9.47 Å². The number of oxime groups is 1. The fraction of sp³-hybridized carbons (Fsp3) is 0.176. The highest BCUT2D eigenvalue weighted by Gasteiger charge is 2.32. The van der Waals surface area contributed by atoms with Gasteiger partial charge in [-0.05, 0) is 36.4 Å². The maximum absolute atomic E-state index is 12.8. The first-order chi connectivity index (χ1) is 13.1. The minimum absolute atomic E-state index is 0.152. The van der Waals surface area contributed by atoms with Crippen molar-refractivity contribution in [1.82, 2.24) is 0 Å². The summed E-state index contributed by atoms with van der Waals surface area (Å²) in [5.74, 6) is 0.615. The van der Waals surface area contributed by atoms with Crippen molar-refractivity contribution in [3.8, 4) is 17.6 Å². The standard InChI is InChI=1S/C17H13F3N2O5S/c1-25-15-7-6-11(8-16(15)26-2)14(10-21)22-27-28(23,24)13-5-3-4-12(9-13)17(18,19)20/h3-9H,1-2H3. The van der Waals surface area contributed by atoms with E-state index in [0.29, 0.717) is 17.9 Å². The smallest absolute Gasteiger partial charge is 0.416 e. The van der Waals surface area contributed by atoms with E-state index in [0.717, 1.165) is 12.1 Å². The van der Waals surface area contributed by atoms with Crippen LogP contribution in [-0.4, -0.2) is 28.3 Å².